The van der Waals surface area contributed by atoms with Crippen molar-refractivity contribution in [2.24, 2.45) is 0 Å². The van der Waals surface area contributed by atoms with Gasteiger partial charge < -0.3 is 4.74 Å². The molecule has 2 aliphatic rings. The van der Waals surface area contributed by atoms with E-state index in [4.69, 9.17) is 4.74 Å². The van der Waals surface area contributed by atoms with Crippen molar-refractivity contribution in [2.45, 2.75) is 19.3 Å². The second-order valence-corrected chi connectivity index (χ2v) is 8.55. The Labute approximate surface area is 141 Å². The summed E-state index contributed by atoms with van der Waals surface area (Å²) < 4.78 is 28.1. The summed E-state index contributed by atoms with van der Waals surface area (Å²) in [6.07, 6.45) is 2.10. The third-order valence-electron chi connectivity index (χ3n) is 4.58. The predicted molar refractivity (Wildman–Crippen MR) is 89.1 cm³/mol. The van der Waals surface area contributed by atoms with Gasteiger partial charge >= 0.3 is 5.97 Å². The monoisotopic (exact) mass is 351 g/mol. The molecule has 0 radical (unpaired) electrons. The van der Waals surface area contributed by atoms with Crippen LogP contribution in [-0.2, 0) is 21.0 Å². The second kappa shape index (κ2) is 7.03. The van der Waals surface area contributed by atoms with Crippen LogP contribution >= 0.6 is 0 Å². The Morgan fingerprint density at radius 3 is 2.67 bits per heavy atom. The van der Waals surface area contributed by atoms with Crippen LogP contribution in [0, 0.1) is 0 Å². The number of Topliss-reactive ketones (excluding diaryl/α,β-unsaturated/α-hetero) is 1. The molecular weight excluding hydrogens is 330 g/mol. The Morgan fingerprint density at radius 2 is 1.92 bits per heavy atom. The average molecular weight is 351 g/mol. The normalized spacial score (nSPS) is 20.4. The summed E-state index contributed by atoms with van der Waals surface area (Å²) in [5, 5.41) is 0. The molecule has 1 aliphatic heterocycles. The van der Waals surface area contributed by atoms with E-state index < -0.39 is 15.8 Å². The van der Waals surface area contributed by atoms with Crippen LogP contribution in [-0.4, -0.2) is 62.8 Å². The molecule has 1 aliphatic carbocycles. The minimum atomic E-state index is -2.90. The number of hydrogen-bond acceptors (Lipinski definition) is 6. The van der Waals surface area contributed by atoms with Gasteiger partial charge in [0, 0.05) is 31.6 Å². The number of benzene rings is 1. The van der Waals surface area contributed by atoms with Gasteiger partial charge in [0.25, 0.3) is 0 Å². The fourth-order valence-corrected chi connectivity index (χ4v) is 4.47. The lowest BCUT2D eigenvalue weighted by atomic mass is 9.87. The maximum absolute atomic E-state index is 12.3. The van der Waals surface area contributed by atoms with Crippen LogP contribution in [0.4, 0.5) is 0 Å². The number of carbonyl (C=O) groups excluding carboxylic acids is 2. The Balaban J connectivity index is 1.58. The zero-order valence-electron chi connectivity index (χ0n) is 13.5. The molecule has 0 spiro atoms. The topological polar surface area (TPSA) is 80.8 Å². The van der Waals surface area contributed by atoms with Gasteiger partial charge in [-0.05, 0) is 24.5 Å². The van der Waals surface area contributed by atoms with Gasteiger partial charge in [-0.3, -0.25) is 9.69 Å². The van der Waals surface area contributed by atoms with Crippen molar-refractivity contribution >= 4 is 21.6 Å². The van der Waals surface area contributed by atoms with E-state index in [-0.39, 0.29) is 23.9 Å². The van der Waals surface area contributed by atoms with E-state index in [2.05, 4.69) is 0 Å². The van der Waals surface area contributed by atoms with Crippen LogP contribution in [0.3, 0.4) is 0 Å². The zero-order valence-corrected chi connectivity index (χ0v) is 14.3. The summed E-state index contributed by atoms with van der Waals surface area (Å²) in [7, 11) is -2.90. The summed E-state index contributed by atoms with van der Waals surface area (Å²) >= 11 is 0. The molecule has 1 fully saturated rings. The van der Waals surface area contributed by atoms with Gasteiger partial charge in [-0.15, -0.1) is 0 Å². The Morgan fingerprint density at radius 1 is 1.17 bits per heavy atom. The fourth-order valence-electron chi connectivity index (χ4n) is 3.19. The van der Waals surface area contributed by atoms with Crippen LogP contribution < -0.4 is 0 Å². The molecular formula is C17H21NO5S. The molecule has 0 aromatic heterocycles. The van der Waals surface area contributed by atoms with Gasteiger partial charge in [0.15, 0.2) is 15.6 Å². The molecule has 0 saturated carbocycles. The van der Waals surface area contributed by atoms with E-state index in [9.17, 15) is 18.0 Å². The molecule has 0 bridgehead atoms. The van der Waals surface area contributed by atoms with E-state index in [0.717, 1.165) is 18.4 Å². The van der Waals surface area contributed by atoms with Crippen molar-refractivity contribution in [2.75, 3.05) is 37.7 Å². The van der Waals surface area contributed by atoms with Crippen molar-refractivity contribution in [1.29, 1.82) is 0 Å². The van der Waals surface area contributed by atoms with Crippen molar-refractivity contribution in [3.63, 3.8) is 0 Å². The number of sulfone groups is 1. The lowest BCUT2D eigenvalue weighted by Crippen LogP contribution is -2.41. The molecule has 7 heteroatoms. The summed E-state index contributed by atoms with van der Waals surface area (Å²) in [6.45, 7) is 1.64. The first kappa shape index (κ1) is 17.1. The molecule has 3 rings (SSSR count). The first-order chi connectivity index (χ1) is 11.5. The molecule has 1 aromatic rings. The molecule has 1 aromatic carbocycles. The summed E-state index contributed by atoms with van der Waals surface area (Å²) in [4.78, 5) is 26.4. The smallest absolute Gasteiger partial charge is 0.338 e. The van der Waals surface area contributed by atoms with E-state index >= 15 is 0 Å². The third-order valence-corrected chi connectivity index (χ3v) is 6.19. The van der Waals surface area contributed by atoms with Crippen LogP contribution in [0.5, 0.6) is 0 Å². The van der Waals surface area contributed by atoms with Crippen LogP contribution in [0.15, 0.2) is 18.2 Å². The minimum absolute atomic E-state index is 0.00466. The Kier molecular flexibility index (Phi) is 5.01. The second-order valence-electron chi connectivity index (χ2n) is 6.25. The molecule has 0 N–H and O–H groups in total. The standard InChI is InChI=1S/C17H21NO5S/c19-15-6-2-4-13-3-1-5-14(16(13)15)17(20)23-10-7-18-8-11-24(21,22)12-9-18/h1,3,5H,2,4,6-12H2. The van der Waals surface area contributed by atoms with Crippen molar-refractivity contribution in [1.82, 2.24) is 4.90 Å². The first-order valence-corrected chi connectivity index (χ1v) is 10.0. The molecule has 0 unspecified atom stereocenters. The number of ether oxygens (including phenoxy) is 1. The molecule has 0 amide bonds. The molecule has 24 heavy (non-hydrogen) atoms. The molecule has 130 valence electrons. The number of esters is 1. The van der Waals surface area contributed by atoms with Crippen molar-refractivity contribution in [3.05, 3.63) is 34.9 Å². The average Bonchev–Trinajstić information content (AvgIpc) is 2.56. The van der Waals surface area contributed by atoms with Crippen LogP contribution in [0.25, 0.3) is 0 Å². The number of nitrogens with zero attached hydrogens (tertiary/aromatic N) is 1. The van der Waals surface area contributed by atoms with Crippen LogP contribution in [0.2, 0.25) is 0 Å². The van der Waals surface area contributed by atoms with E-state index in [1.54, 1.807) is 12.1 Å². The maximum atomic E-state index is 12.3. The number of ketones is 1. The van der Waals surface area contributed by atoms with E-state index in [1.807, 2.05) is 11.0 Å². The van der Waals surface area contributed by atoms with Crippen LogP contribution in [0.1, 0.15) is 39.1 Å². The van der Waals surface area contributed by atoms with Gasteiger partial charge in [0.2, 0.25) is 0 Å². The highest BCUT2D eigenvalue weighted by molar-refractivity contribution is 7.91. The Bertz CT molecular complexity index is 742. The first-order valence-electron chi connectivity index (χ1n) is 8.21. The lowest BCUT2D eigenvalue weighted by Gasteiger charge is -2.26. The predicted octanol–water partition coefficient (Wildman–Crippen LogP) is 1.09. The number of aryl methyl sites for hydroxylation is 1. The van der Waals surface area contributed by atoms with Gasteiger partial charge in [-0.25, -0.2) is 13.2 Å². The number of hydrogen-bond donors (Lipinski definition) is 0. The van der Waals surface area contributed by atoms with Gasteiger partial charge in [0.1, 0.15) is 6.61 Å². The highest BCUT2D eigenvalue weighted by Gasteiger charge is 2.25. The highest BCUT2D eigenvalue weighted by Crippen LogP contribution is 2.25. The van der Waals surface area contributed by atoms with Gasteiger partial charge in [-0.2, -0.15) is 0 Å². The van der Waals surface area contributed by atoms with Crippen molar-refractivity contribution < 1.29 is 22.7 Å². The highest BCUT2D eigenvalue weighted by atomic mass is 32.2. The Hall–Kier alpha value is -1.73. The minimum Gasteiger partial charge on any atom is -0.461 e. The summed E-state index contributed by atoms with van der Waals surface area (Å²) in [5.74, 6) is -0.166. The maximum Gasteiger partial charge on any atom is 0.338 e. The van der Waals surface area contributed by atoms with Crippen molar-refractivity contribution in [3.8, 4) is 0 Å². The molecule has 1 heterocycles. The quantitative estimate of drug-likeness (QED) is 0.756. The number of carbonyl (C=O) groups is 2. The molecule has 0 atom stereocenters. The van der Waals surface area contributed by atoms with E-state index in [1.165, 1.54) is 0 Å². The third kappa shape index (κ3) is 3.84. The lowest BCUT2D eigenvalue weighted by molar-refractivity contribution is 0.0462. The number of fused-ring (bicyclic) bond motifs is 1. The van der Waals surface area contributed by atoms with Gasteiger partial charge in [-0.1, -0.05) is 12.1 Å². The summed E-state index contributed by atoms with van der Waals surface area (Å²) in [6, 6.07) is 5.30. The number of rotatable bonds is 4. The fraction of sp³-hybridized carbons (Fsp3) is 0.529. The zero-order chi connectivity index (χ0) is 17.2. The molecule has 6 nitrogen and oxygen atoms in total. The summed E-state index contributed by atoms with van der Waals surface area (Å²) in [5.41, 5.74) is 1.78. The van der Waals surface area contributed by atoms with E-state index in [0.29, 0.717) is 37.2 Å². The molecule has 1 saturated heterocycles. The SMILES string of the molecule is O=C(OCCN1CCS(=O)(=O)CC1)c1cccc2c1C(=O)CCC2. The largest absolute Gasteiger partial charge is 0.461 e. The van der Waals surface area contributed by atoms with Gasteiger partial charge in [0.05, 0.1) is 17.1 Å².